The van der Waals surface area contributed by atoms with Gasteiger partial charge in [-0.15, -0.1) is 10.2 Å². The van der Waals surface area contributed by atoms with Crippen LogP contribution in [0.15, 0.2) is 36.5 Å². The summed E-state index contributed by atoms with van der Waals surface area (Å²) in [5, 5.41) is 9.48. The first-order valence-electron chi connectivity index (χ1n) is 12.3. The van der Waals surface area contributed by atoms with Crippen LogP contribution < -0.4 is 9.80 Å². The van der Waals surface area contributed by atoms with Crippen molar-refractivity contribution in [3.05, 3.63) is 58.8 Å². The molecular weight excluding hydrogens is 507 g/mol. The molecule has 4 aliphatic heterocycles. The van der Waals surface area contributed by atoms with Crippen LogP contribution in [0, 0.1) is 17.2 Å². The summed E-state index contributed by atoms with van der Waals surface area (Å²) < 4.78 is 50.0. The molecule has 0 N–H and O–H groups in total. The summed E-state index contributed by atoms with van der Waals surface area (Å²) in [4.78, 5) is 10.2. The second-order valence-electron chi connectivity index (χ2n) is 10.7. The third-order valence-corrected chi connectivity index (χ3v) is 8.08. The van der Waals surface area contributed by atoms with Crippen molar-refractivity contribution in [2.45, 2.75) is 19.0 Å². The summed E-state index contributed by atoms with van der Waals surface area (Å²) in [5.74, 6) is -1.84. The lowest BCUT2D eigenvalue weighted by atomic mass is 9.73. The highest BCUT2D eigenvalue weighted by molar-refractivity contribution is 6.30. The fourth-order valence-corrected chi connectivity index (χ4v) is 6.06. The van der Waals surface area contributed by atoms with E-state index in [0.29, 0.717) is 23.3 Å². The Morgan fingerprint density at radius 2 is 1.81 bits per heavy atom. The van der Waals surface area contributed by atoms with Gasteiger partial charge >= 0.3 is 0 Å². The van der Waals surface area contributed by atoms with Crippen LogP contribution in [-0.2, 0) is 17.8 Å². The molecule has 0 saturated carbocycles. The van der Waals surface area contributed by atoms with Crippen LogP contribution >= 0.6 is 11.6 Å². The zero-order valence-electron chi connectivity index (χ0n) is 20.0. The molecule has 0 atom stereocenters. The monoisotopic (exact) mass is 531 g/mol. The van der Waals surface area contributed by atoms with Crippen molar-refractivity contribution < 1.29 is 17.9 Å². The lowest BCUT2D eigenvalue weighted by Gasteiger charge is -2.60. The van der Waals surface area contributed by atoms with Gasteiger partial charge in [-0.1, -0.05) is 11.6 Å². The van der Waals surface area contributed by atoms with E-state index in [0.717, 1.165) is 43.2 Å². The zero-order valence-corrected chi connectivity index (χ0v) is 20.7. The maximum absolute atomic E-state index is 14.9. The number of pyridine rings is 1. The Labute approximate surface area is 216 Å². The van der Waals surface area contributed by atoms with Gasteiger partial charge in [-0.2, -0.15) is 0 Å². The van der Waals surface area contributed by atoms with Gasteiger partial charge in [0.25, 0.3) is 5.92 Å². The molecule has 8 nitrogen and oxygen atoms in total. The molecule has 0 radical (unpaired) electrons. The predicted molar refractivity (Wildman–Crippen MR) is 131 cm³/mol. The van der Waals surface area contributed by atoms with Crippen molar-refractivity contribution in [2.24, 2.45) is 11.3 Å². The van der Waals surface area contributed by atoms with Gasteiger partial charge in [0, 0.05) is 43.2 Å². The Balaban J connectivity index is 1.12. The molecule has 3 aromatic rings. The average molecular weight is 532 g/mol. The SMILES string of the molecule is Fc1ccc(N2CC3(C2)CN(c2nnc4n2-c2ccc(Cl)cc2CN(CC(F)(F)C2COC2)C4)C3)nc1. The Morgan fingerprint density at radius 1 is 1.03 bits per heavy atom. The summed E-state index contributed by atoms with van der Waals surface area (Å²) in [7, 11) is 0. The number of halogens is 4. The van der Waals surface area contributed by atoms with Gasteiger partial charge in [0.2, 0.25) is 5.95 Å². The third-order valence-electron chi connectivity index (χ3n) is 7.85. The smallest absolute Gasteiger partial charge is 0.267 e. The second kappa shape index (κ2) is 8.31. The lowest BCUT2D eigenvalue weighted by Crippen LogP contribution is -2.73. The zero-order chi connectivity index (χ0) is 25.4. The van der Waals surface area contributed by atoms with E-state index < -0.39 is 11.8 Å². The number of fused-ring (bicyclic) bond motifs is 3. The van der Waals surface area contributed by atoms with Gasteiger partial charge in [0.15, 0.2) is 5.82 Å². The van der Waals surface area contributed by atoms with E-state index in [1.807, 2.05) is 16.7 Å². The predicted octanol–water partition coefficient (Wildman–Crippen LogP) is 3.38. The normalized spacial score (nSPS) is 21.1. The quantitative estimate of drug-likeness (QED) is 0.500. The third kappa shape index (κ3) is 3.95. The molecule has 6 heterocycles. The van der Waals surface area contributed by atoms with E-state index in [-0.39, 0.29) is 37.5 Å². The van der Waals surface area contributed by atoms with E-state index in [2.05, 4.69) is 25.0 Å². The Bertz CT molecular complexity index is 1330. The number of alkyl halides is 2. The van der Waals surface area contributed by atoms with Crippen LogP contribution in [0.25, 0.3) is 5.69 Å². The molecule has 2 aromatic heterocycles. The molecule has 0 aliphatic carbocycles. The molecule has 3 fully saturated rings. The molecule has 4 aliphatic rings. The highest BCUT2D eigenvalue weighted by Crippen LogP contribution is 2.44. The molecule has 7 rings (SSSR count). The standard InChI is InChI=1S/C25H25ClF3N7O/c26-18-1-3-20-16(5-18)7-33(15-25(28,29)17-9-37-10-17)8-22-31-32-23(36(20)22)35-13-24(14-35)11-34(12-24)21-4-2-19(27)6-30-21/h1-6,17H,7-15H2. The number of hydrogen-bond donors (Lipinski definition) is 0. The highest BCUT2D eigenvalue weighted by atomic mass is 35.5. The van der Waals surface area contributed by atoms with Crippen LogP contribution in [0.3, 0.4) is 0 Å². The number of ether oxygens (including phenoxy) is 1. The molecule has 0 bridgehead atoms. The Morgan fingerprint density at radius 3 is 2.51 bits per heavy atom. The summed E-state index contributed by atoms with van der Waals surface area (Å²) in [6, 6.07) is 8.68. The van der Waals surface area contributed by atoms with Crippen molar-refractivity contribution in [1.29, 1.82) is 0 Å². The van der Waals surface area contributed by atoms with Crippen LogP contribution in [-0.4, -0.2) is 76.5 Å². The molecule has 12 heteroatoms. The van der Waals surface area contributed by atoms with Crippen LogP contribution in [0.5, 0.6) is 0 Å². The fourth-order valence-electron chi connectivity index (χ4n) is 5.86. The molecule has 194 valence electrons. The van der Waals surface area contributed by atoms with Crippen LogP contribution in [0.2, 0.25) is 5.02 Å². The summed E-state index contributed by atoms with van der Waals surface area (Å²) in [5.41, 5.74) is 1.85. The van der Waals surface area contributed by atoms with Gasteiger partial charge in [-0.25, -0.2) is 18.2 Å². The first-order chi connectivity index (χ1) is 17.8. The number of hydrogen-bond acceptors (Lipinski definition) is 7. The number of benzene rings is 1. The molecule has 37 heavy (non-hydrogen) atoms. The number of aromatic nitrogens is 4. The first kappa shape index (κ1) is 23.2. The maximum atomic E-state index is 14.9. The molecule has 1 spiro atoms. The van der Waals surface area contributed by atoms with E-state index in [4.69, 9.17) is 16.3 Å². The average Bonchev–Trinajstić information content (AvgIpc) is 3.07. The number of nitrogens with zero attached hydrogens (tertiary/aromatic N) is 7. The van der Waals surface area contributed by atoms with Crippen molar-refractivity contribution in [3.63, 3.8) is 0 Å². The van der Waals surface area contributed by atoms with Gasteiger partial charge in [0.1, 0.15) is 11.6 Å². The maximum Gasteiger partial charge on any atom is 0.267 e. The lowest BCUT2D eigenvalue weighted by molar-refractivity contribution is -0.179. The highest BCUT2D eigenvalue weighted by Gasteiger charge is 2.53. The Kier molecular flexibility index (Phi) is 5.22. The van der Waals surface area contributed by atoms with Crippen molar-refractivity contribution >= 4 is 23.4 Å². The van der Waals surface area contributed by atoms with E-state index in [9.17, 15) is 13.2 Å². The van der Waals surface area contributed by atoms with Gasteiger partial charge in [-0.3, -0.25) is 9.47 Å². The number of rotatable bonds is 5. The molecule has 0 unspecified atom stereocenters. The van der Waals surface area contributed by atoms with Crippen LogP contribution in [0.4, 0.5) is 24.9 Å². The molecule has 1 aromatic carbocycles. The minimum absolute atomic E-state index is 0.0922. The minimum Gasteiger partial charge on any atom is -0.380 e. The topological polar surface area (TPSA) is 62.6 Å². The largest absolute Gasteiger partial charge is 0.380 e. The van der Waals surface area contributed by atoms with Crippen molar-refractivity contribution in [1.82, 2.24) is 24.6 Å². The van der Waals surface area contributed by atoms with Crippen LogP contribution in [0.1, 0.15) is 11.4 Å². The summed E-state index contributed by atoms with van der Waals surface area (Å²) in [6.07, 6.45) is 1.24. The molecule has 3 saturated heterocycles. The second-order valence-corrected chi connectivity index (χ2v) is 11.1. The molecular formula is C25H25ClF3N7O. The summed E-state index contributed by atoms with van der Waals surface area (Å²) >= 11 is 6.31. The minimum atomic E-state index is -2.85. The first-order valence-corrected chi connectivity index (χ1v) is 12.7. The Hall–Kier alpha value is -2.89. The summed E-state index contributed by atoms with van der Waals surface area (Å²) in [6.45, 7) is 3.67. The van der Waals surface area contributed by atoms with Gasteiger partial charge in [-0.05, 0) is 35.9 Å². The molecule has 0 amide bonds. The van der Waals surface area contributed by atoms with Crippen molar-refractivity contribution in [2.75, 3.05) is 55.7 Å². The number of anilines is 2. The fraction of sp³-hybridized carbons (Fsp3) is 0.480. The van der Waals surface area contributed by atoms with Crippen molar-refractivity contribution in [3.8, 4) is 5.69 Å². The van der Waals surface area contributed by atoms with E-state index >= 15 is 0 Å². The van der Waals surface area contributed by atoms with E-state index in [1.54, 1.807) is 17.0 Å². The van der Waals surface area contributed by atoms with Gasteiger partial charge < -0.3 is 14.5 Å². The van der Waals surface area contributed by atoms with E-state index in [1.165, 1.54) is 12.3 Å². The van der Waals surface area contributed by atoms with Gasteiger partial charge in [0.05, 0.1) is 44.1 Å².